The molecular formula is C12H16FNO. The number of hydrogen-bond acceptors (Lipinski definition) is 2. The second kappa shape index (κ2) is 5.01. The fourth-order valence-corrected chi connectivity index (χ4v) is 1.83. The Bertz CT molecular complexity index is 327. The van der Waals surface area contributed by atoms with Crippen LogP contribution in [0.5, 0.6) is 5.75 Å². The lowest BCUT2D eigenvalue weighted by molar-refractivity contribution is 0.290. The number of anilines is 1. The Morgan fingerprint density at radius 3 is 3.20 bits per heavy atom. The molecule has 0 amide bonds. The molecule has 15 heavy (non-hydrogen) atoms. The lowest BCUT2D eigenvalue weighted by Gasteiger charge is -2.21. The number of para-hydroxylation sites is 1. The summed E-state index contributed by atoms with van der Waals surface area (Å²) in [6.45, 7) is 1.13. The number of halogens is 1. The van der Waals surface area contributed by atoms with E-state index in [1.807, 2.05) is 12.1 Å². The van der Waals surface area contributed by atoms with Gasteiger partial charge in [0.2, 0.25) is 0 Å². The average molecular weight is 209 g/mol. The smallest absolute Gasteiger partial charge is 0.142 e. The Morgan fingerprint density at radius 1 is 1.40 bits per heavy atom. The van der Waals surface area contributed by atoms with Crippen molar-refractivity contribution in [1.82, 2.24) is 0 Å². The van der Waals surface area contributed by atoms with Crippen LogP contribution in [0.4, 0.5) is 10.1 Å². The van der Waals surface area contributed by atoms with Crippen LogP contribution in [0.15, 0.2) is 18.2 Å². The van der Waals surface area contributed by atoms with Crippen LogP contribution in [0.2, 0.25) is 0 Å². The van der Waals surface area contributed by atoms with Crippen molar-refractivity contribution in [3.05, 3.63) is 23.8 Å². The second-order valence-corrected chi connectivity index (χ2v) is 3.71. The summed E-state index contributed by atoms with van der Waals surface area (Å²) in [5, 5.41) is 3.34. The maximum Gasteiger partial charge on any atom is 0.142 e. The van der Waals surface area contributed by atoms with E-state index < -0.39 is 0 Å². The predicted molar refractivity (Wildman–Crippen MR) is 59.3 cm³/mol. The van der Waals surface area contributed by atoms with Gasteiger partial charge in [-0.1, -0.05) is 12.1 Å². The standard InChI is InChI=1S/C12H16FNO/c13-7-3-9-15-11-6-1-4-10-5-2-8-14-12(10)11/h1,4,6,14H,2-3,5,7-9H2. The quantitative estimate of drug-likeness (QED) is 0.770. The van der Waals surface area contributed by atoms with E-state index in [1.165, 1.54) is 12.0 Å². The summed E-state index contributed by atoms with van der Waals surface area (Å²) in [4.78, 5) is 0. The normalized spacial score (nSPS) is 14.2. The van der Waals surface area contributed by atoms with E-state index in [9.17, 15) is 4.39 Å². The third kappa shape index (κ3) is 2.41. The van der Waals surface area contributed by atoms with Crippen LogP contribution in [0.1, 0.15) is 18.4 Å². The molecule has 82 valence electrons. The zero-order valence-corrected chi connectivity index (χ0v) is 8.76. The zero-order chi connectivity index (χ0) is 10.5. The largest absolute Gasteiger partial charge is 0.491 e. The van der Waals surface area contributed by atoms with Crippen LogP contribution in [-0.2, 0) is 6.42 Å². The van der Waals surface area contributed by atoms with E-state index in [1.54, 1.807) is 0 Å². The molecule has 0 bridgehead atoms. The Hall–Kier alpha value is -1.25. The Balaban J connectivity index is 2.09. The van der Waals surface area contributed by atoms with Crippen LogP contribution in [0, 0.1) is 0 Å². The molecule has 2 rings (SSSR count). The summed E-state index contributed by atoms with van der Waals surface area (Å²) < 4.78 is 17.5. The summed E-state index contributed by atoms with van der Waals surface area (Å²) in [6, 6.07) is 6.05. The first-order chi connectivity index (χ1) is 7.42. The number of aryl methyl sites for hydroxylation is 1. The number of fused-ring (bicyclic) bond motifs is 1. The van der Waals surface area contributed by atoms with Gasteiger partial charge in [-0.3, -0.25) is 4.39 Å². The van der Waals surface area contributed by atoms with Gasteiger partial charge in [0.25, 0.3) is 0 Å². The van der Waals surface area contributed by atoms with E-state index in [4.69, 9.17) is 4.74 Å². The van der Waals surface area contributed by atoms with Crippen molar-refractivity contribution in [2.24, 2.45) is 0 Å². The molecule has 0 saturated heterocycles. The van der Waals surface area contributed by atoms with E-state index >= 15 is 0 Å². The third-order valence-electron chi connectivity index (χ3n) is 2.57. The van der Waals surface area contributed by atoms with Crippen molar-refractivity contribution in [1.29, 1.82) is 0 Å². The summed E-state index contributed by atoms with van der Waals surface area (Å²) in [7, 11) is 0. The van der Waals surface area contributed by atoms with Gasteiger partial charge in [0, 0.05) is 13.0 Å². The number of rotatable bonds is 4. The monoisotopic (exact) mass is 209 g/mol. The molecule has 0 unspecified atom stereocenters. The summed E-state index contributed by atoms with van der Waals surface area (Å²) in [5.41, 5.74) is 2.40. The lowest BCUT2D eigenvalue weighted by Crippen LogP contribution is -2.13. The molecule has 0 radical (unpaired) electrons. The highest BCUT2D eigenvalue weighted by atomic mass is 19.1. The number of alkyl halides is 1. The minimum absolute atomic E-state index is 0.317. The Kier molecular flexibility index (Phi) is 3.43. The van der Waals surface area contributed by atoms with Gasteiger partial charge in [-0.25, -0.2) is 0 Å². The first-order valence-corrected chi connectivity index (χ1v) is 5.46. The molecule has 0 aliphatic carbocycles. The molecule has 1 N–H and O–H groups in total. The van der Waals surface area contributed by atoms with Gasteiger partial charge in [-0.05, 0) is 24.5 Å². The van der Waals surface area contributed by atoms with Crippen LogP contribution < -0.4 is 10.1 Å². The van der Waals surface area contributed by atoms with Crippen molar-refractivity contribution < 1.29 is 9.13 Å². The summed E-state index contributed by atoms with van der Waals surface area (Å²) in [5.74, 6) is 0.862. The number of benzene rings is 1. The maximum absolute atomic E-state index is 11.9. The molecule has 0 fully saturated rings. The SMILES string of the molecule is FCCCOc1cccc2c1NCCC2. The van der Waals surface area contributed by atoms with Gasteiger partial charge in [-0.15, -0.1) is 0 Å². The predicted octanol–water partition coefficient (Wildman–Crippen LogP) is 2.78. The van der Waals surface area contributed by atoms with E-state index in [-0.39, 0.29) is 6.67 Å². The molecule has 0 aromatic heterocycles. The fraction of sp³-hybridized carbons (Fsp3) is 0.500. The Morgan fingerprint density at radius 2 is 2.33 bits per heavy atom. The first-order valence-electron chi connectivity index (χ1n) is 5.46. The Labute approximate surface area is 89.4 Å². The van der Waals surface area contributed by atoms with Crippen LogP contribution in [0.25, 0.3) is 0 Å². The molecule has 2 nitrogen and oxygen atoms in total. The summed E-state index contributed by atoms with van der Waals surface area (Å²) in [6.07, 6.45) is 2.73. The minimum atomic E-state index is -0.317. The van der Waals surface area contributed by atoms with Gasteiger partial charge in [0.05, 0.1) is 19.0 Å². The molecule has 1 aliphatic rings. The van der Waals surface area contributed by atoms with Gasteiger partial charge in [-0.2, -0.15) is 0 Å². The molecule has 1 aromatic rings. The number of nitrogens with one attached hydrogen (secondary N) is 1. The number of hydrogen-bond donors (Lipinski definition) is 1. The molecule has 3 heteroatoms. The van der Waals surface area contributed by atoms with E-state index in [0.717, 1.165) is 24.4 Å². The highest BCUT2D eigenvalue weighted by Crippen LogP contribution is 2.31. The molecule has 1 aliphatic heterocycles. The average Bonchev–Trinajstić information content (AvgIpc) is 2.30. The minimum Gasteiger partial charge on any atom is -0.491 e. The van der Waals surface area contributed by atoms with Crippen molar-refractivity contribution in [3.63, 3.8) is 0 Å². The van der Waals surface area contributed by atoms with Gasteiger partial charge < -0.3 is 10.1 Å². The van der Waals surface area contributed by atoms with E-state index in [0.29, 0.717) is 13.0 Å². The van der Waals surface area contributed by atoms with E-state index in [2.05, 4.69) is 11.4 Å². The van der Waals surface area contributed by atoms with Crippen LogP contribution >= 0.6 is 0 Å². The number of ether oxygens (including phenoxy) is 1. The molecule has 1 heterocycles. The fourth-order valence-electron chi connectivity index (χ4n) is 1.83. The lowest BCUT2D eigenvalue weighted by atomic mass is 10.0. The van der Waals surface area contributed by atoms with Crippen LogP contribution in [0.3, 0.4) is 0 Å². The van der Waals surface area contributed by atoms with Crippen LogP contribution in [-0.4, -0.2) is 19.8 Å². The second-order valence-electron chi connectivity index (χ2n) is 3.71. The highest BCUT2D eigenvalue weighted by molar-refractivity contribution is 5.63. The third-order valence-corrected chi connectivity index (χ3v) is 2.57. The molecular weight excluding hydrogens is 193 g/mol. The highest BCUT2D eigenvalue weighted by Gasteiger charge is 2.12. The van der Waals surface area contributed by atoms with Crippen molar-refractivity contribution >= 4 is 5.69 Å². The first kappa shape index (κ1) is 10.3. The molecule has 0 spiro atoms. The van der Waals surface area contributed by atoms with Crippen molar-refractivity contribution in [2.75, 3.05) is 25.1 Å². The van der Waals surface area contributed by atoms with Gasteiger partial charge in [0.1, 0.15) is 5.75 Å². The molecule has 1 aromatic carbocycles. The topological polar surface area (TPSA) is 21.3 Å². The van der Waals surface area contributed by atoms with Gasteiger partial charge in [0.15, 0.2) is 0 Å². The van der Waals surface area contributed by atoms with Crippen molar-refractivity contribution in [2.45, 2.75) is 19.3 Å². The molecule has 0 saturated carbocycles. The summed E-state index contributed by atoms with van der Waals surface area (Å²) >= 11 is 0. The molecule has 0 atom stereocenters. The maximum atomic E-state index is 11.9. The zero-order valence-electron chi connectivity index (χ0n) is 8.76. The van der Waals surface area contributed by atoms with Crippen molar-refractivity contribution in [3.8, 4) is 5.75 Å². The van der Waals surface area contributed by atoms with Gasteiger partial charge >= 0.3 is 0 Å².